The van der Waals surface area contributed by atoms with Crippen molar-refractivity contribution < 1.29 is 8.83 Å². The third-order valence-corrected chi connectivity index (χ3v) is 10.9. The molecule has 0 aliphatic heterocycles. The molecule has 0 amide bonds. The number of nitrogens with zero attached hydrogens (tertiary/aromatic N) is 2. The zero-order valence-corrected chi connectivity index (χ0v) is 30.2. The molecule has 0 saturated heterocycles. The van der Waals surface area contributed by atoms with Gasteiger partial charge in [0.2, 0.25) is 0 Å². The number of hydrogen-bond donors (Lipinski definition) is 1. The maximum atomic E-state index is 7.35. The Morgan fingerprint density at radius 3 is 1.88 bits per heavy atom. The Morgan fingerprint density at radius 2 is 1.07 bits per heavy atom. The molecule has 264 valence electrons. The predicted molar refractivity (Wildman–Crippen MR) is 233 cm³/mol. The van der Waals surface area contributed by atoms with Crippen molar-refractivity contribution in [2.45, 2.75) is 6.54 Å². The fraction of sp³-hybridized carbons (Fsp3) is 0.0196. The summed E-state index contributed by atoms with van der Waals surface area (Å²) in [4.78, 5) is 10.5. The van der Waals surface area contributed by atoms with Crippen LogP contribution in [0, 0.1) is 0 Å². The molecule has 2 heterocycles. The summed E-state index contributed by atoms with van der Waals surface area (Å²) in [5.41, 5.74) is 15.2. The highest BCUT2D eigenvalue weighted by Gasteiger charge is 2.22. The Hall–Kier alpha value is -7.50. The molecule has 0 spiro atoms. The van der Waals surface area contributed by atoms with Gasteiger partial charge in [-0.05, 0) is 97.5 Å². The maximum absolute atomic E-state index is 7.35. The first-order chi connectivity index (χ1) is 27.6. The van der Waals surface area contributed by atoms with Crippen molar-refractivity contribution in [3.8, 4) is 11.1 Å². The molecule has 5 nitrogen and oxygen atoms in total. The second kappa shape index (κ2) is 12.8. The number of nitrogens with two attached hydrogens (primary N) is 1. The molecule has 56 heavy (non-hydrogen) atoms. The average molecular weight is 720 g/mol. The maximum Gasteiger partial charge on any atom is 0.157 e. The van der Waals surface area contributed by atoms with Gasteiger partial charge in [-0.15, -0.1) is 0 Å². The number of fused-ring (bicyclic) bond motifs is 9. The lowest BCUT2D eigenvalue weighted by molar-refractivity contribution is 0.669. The molecular weight excluding hydrogens is 687 g/mol. The van der Waals surface area contributed by atoms with E-state index in [-0.39, 0.29) is 0 Å². The van der Waals surface area contributed by atoms with Gasteiger partial charge in [-0.2, -0.15) is 0 Å². The van der Waals surface area contributed by atoms with Gasteiger partial charge < -0.3 is 14.6 Å². The molecule has 0 saturated carbocycles. The van der Waals surface area contributed by atoms with Crippen molar-refractivity contribution in [1.29, 1.82) is 0 Å². The van der Waals surface area contributed by atoms with Crippen LogP contribution >= 0.6 is 0 Å². The summed E-state index contributed by atoms with van der Waals surface area (Å²) in [6.45, 7) is 0.434. The molecule has 0 atom stereocenters. The summed E-state index contributed by atoms with van der Waals surface area (Å²) in [6, 6.07) is 60.7. The first-order valence-corrected chi connectivity index (χ1v) is 18.8. The Labute approximate surface area is 321 Å². The molecule has 0 unspecified atom stereocenters. The summed E-state index contributed by atoms with van der Waals surface area (Å²) < 4.78 is 13.0. The number of amidine groups is 2. The Bertz CT molecular complexity index is 3420. The van der Waals surface area contributed by atoms with Gasteiger partial charge in [-0.25, -0.2) is 4.99 Å². The second-order valence-electron chi connectivity index (χ2n) is 14.3. The third kappa shape index (κ3) is 5.32. The molecule has 11 rings (SSSR count). The van der Waals surface area contributed by atoms with Gasteiger partial charge >= 0.3 is 0 Å². The van der Waals surface area contributed by atoms with Crippen LogP contribution in [0.4, 0.5) is 0 Å². The van der Waals surface area contributed by atoms with E-state index in [4.69, 9.17) is 24.6 Å². The van der Waals surface area contributed by atoms with Gasteiger partial charge in [-0.3, -0.25) is 4.99 Å². The van der Waals surface area contributed by atoms with Gasteiger partial charge in [0.15, 0.2) is 5.84 Å². The molecular formula is C51H33N3O2. The van der Waals surface area contributed by atoms with Gasteiger partial charge in [0.05, 0.1) is 6.54 Å². The highest BCUT2D eigenvalue weighted by atomic mass is 16.3. The topological polar surface area (TPSA) is 77.0 Å². The largest absolute Gasteiger partial charge is 0.456 e. The van der Waals surface area contributed by atoms with Crippen molar-refractivity contribution >= 4 is 87.9 Å². The third-order valence-electron chi connectivity index (χ3n) is 10.9. The quantitative estimate of drug-likeness (QED) is 0.142. The summed E-state index contributed by atoms with van der Waals surface area (Å²) in [7, 11) is 0. The normalized spacial score (nSPS) is 12.6. The lowest BCUT2D eigenvalue weighted by atomic mass is 9.91. The molecule has 0 radical (unpaired) electrons. The lowest BCUT2D eigenvalue weighted by Crippen LogP contribution is -2.18. The average Bonchev–Trinajstić information content (AvgIpc) is 3.81. The number of para-hydroxylation sites is 1. The van der Waals surface area contributed by atoms with Crippen LogP contribution in [0.3, 0.4) is 0 Å². The molecule has 11 aromatic rings. The first-order valence-electron chi connectivity index (χ1n) is 18.8. The zero-order chi connectivity index (χ0) is 37.2. The number of rotatable bonds is 5. The van der Waals surface area contributed by atoms with E-state index in [1.54, 1.807) is 0 Å². The highest BCUT2D eigenvalue weighted by Crippen LogP contribution is 2.42. The van der Waals surface area contributed by atoms with E-state index < -0.39 is 0 Å². The molecule has 0 bridgehead atoms. The van der Waals surface area contributed by atoms with Gasteiger partial charge in [0.25, 0.3) is 0 Å². The standard InChI is InChI=1S/C51H33N3O2/c52-50(54-51(38-23-22-33-11-2-4-13-35(33)27-38)53-30-31-20-21-32-10-1-3-12-34(32)26-31)49-40(24-25-45-48(49)41-16-7-8-18-43(41)55-45)39-17-9-19-44-47(39)42-28-36-14-5-6-15-37(36)29-46(42)56-44/h1-29H,30H2,(H2,52,53,54). The number of benzene rings is 9. The van der Waals surface area contributed by atoms with Crippen LogP contribution in [0.2, 0.25) is 0 Å². The fourth-order valence-corrected chi connectivity index (χ4v) is 8.24. The van der Waals surface area contributed by atoms with Crippen LogP contribution < -0.4 is 5.73 Å². The molecule has 0 fully saturated rings. The van der Waals surface area contributed by atoms with E-state index in [9.17, 15) is 0 Å². The van der Waals surface area contributed by atoms with Crippen LogP contribution in [-0.4, -0.2) is 11.7 Å². The highest BCUT2D eigenvalue weighted by molar-refractivity contribution is 6.26. The number of hydrogen-bond acceptors (Lipinski definition) is 3. The van der Waals surface area contributed by atoms with E-state index in [1.165, 1.54) is 10.8 Å². The van der Waals surface area contributed by atoms with Crippen LogP contribution in [0.1, 0.15) is 16.7 Å². The second-order valence-corrected chi connectivity index (χ2v) is 14.3. The summed E-state index contributed by atoms with van der Waals surface area (Å²) in [5.74, 6) is 0.897. The molecule has 2 aromatic heterocycles. The first kappa shape index (κ1) is 32.0. The van der Waals surface area contributed by atoms with E-state index >= 15 is 0 Å². The molecule has 0 aliphatic carbocycles. The smallest absolute Gasteiger partial charge is 0.157 e. The Morgan fingerprint density at radius 1 is 0.446 bits per heavy atom. The van der Waals surface area contributed by atoms with Crippen LogP contribution in [-0.2, 0) is 6.54 Å². The summed E-state index contributed by atoms with van der Waals surface area (Å²) in [5, 5.41) is 10.8. The Balaban J connectivity index is 1.16. The van der Waals surface area contributed by atoms with Crippen molar-refractivity contribution in [3.05, 3.63) is 193 Å². The van der Waals surface area contributed by atoms with Gasteiger partial charge in [-0.1, -0.05) is 127 Å². The van der Waals surface area contributed by atoms with Crippen LogP contribution in [0.5, 0.6) is 0 Å². The summed E-state index contributed by atoms with van der Waals surface area (Å²) in [6.07, 6.45) is 0. The van der Waals surface area contributed by atoms with Crippen molar-refractivity contribution in [2.24, 2.45) is 15.7 Å². The monoisotopic (exact) mass is 719 g/mol. The molecule has 2 N–H and O–H groups in total. The van der Waals surface area contributed by atoms with Crippen molar-refractivity contribution in [1.82, 2.24) is 0 Å². The Kier molecular flexibility index (Phi) is 7.32. The predicted octanol–water partition coefficient (Wildman–Crippen LogP) is 13.0. The summed E-state index contributed by atoms with van der Waals surface area (Å²) >= 11 is 0. The zero-order valence-electron chi connectivity index (χ0n) is 30.2. The SMILES string of the molecule is NC(=NC(=NCc1ccc2ccccc2c1)c1ccc2ccccc2c1)c1c(-c2cccc3oc4cc5ccccc5cc4c23)ccc2oc3ccccc3c12. The van der Waals surface area contributed by atoms with Gasteiger partial charge in [0.1, 0.15) is 28.2 Å². The molecule has 5 heteroatoms. The number of aliphatic imine (C=N–C) groups is 2. The van der Waals surface area contributed by atoms with Crippen LogP contribution in [0.25, 0.3) is 87.3 Å². The number of furan rings is 2. The van der Waals surface area contributed by atoms with Crippen molar-refractivity contribution in [3.63, 3.8) is 0 Å². The van der Waals surface area contributed by atoms with E-state index in [1.807, 2.05) is 36.4 Å². The molecule has 9 aromatic carbocycles. The van der Waals surface area contributed by atoms with E-state index in [0.717, 1.165) is 93.2 Å². The minimum Gasteiger partial charge on any atom is -0.456 e. The molecule has 0 aliphatic rings. The van der Waals surface area contributed by atoms with Crippen LogP contribution in [0.15, 0.2) is 195 Å². The van der Waals surface area contributed by atoms with Crippen molar-refractivity contribution in [2.75, 3.05) is 0 Å². The fourth-order valence-electron chi connectivity index (χ4n) is 8.24. The van der Waals surface area contributed by atoms with Gasteiger partial charge in [0, 0.05) is 32.7 Å². The van der Waals surface area contributed by atoms with E-state index in [2.05, 4.69) is 140 Å². The van der Waals surface area contributed by atoms with E-state index in [0.29, 0.717) is 18.2 Å². The lowest BCUT2D eigenvalue weighted by Gasteiger charge is -2.14. The minimum atomic E-state index is 0.345. The minimum absolute atomic E-state index is 0.345.